The van der Waals surface area contributed by atoms with Gasteiger partial charge in [-0.15, -0.1) is 0 Å². The number of hydrogen-bond acceptors (Lipinski definition) is 6. The van der Waals surface area contributed by atoms with Crippen LogP contribution in [0.3, 0.4) is 0 Å². The second-order valence-corrected chi connectivity index (χ2v) is 15.4. The Hall–Kier alpha value is -3.15. The van der Waals surface area contributed by atoms with Crippen LogP contribution in [0.5, 0.6) is 0 Å². The van der Waals surface area contributed by atoms with Crippen molar-refractivity contribution in [3.8, 4) is 0 Å². The van der Waals surface area contributed by atoms with Crippen molar-refractivity contribution in [2.24, 2.45) is 0 Å². The summed E-state index contributed by atoms with van der Waals surface area (Å²) in [6.45, 7) is 6.38. The summed E-state index contributed by atoms with van der Waals surface area (Å²) >= 11 is 0. The van der Waals surface area contributed by atoms with Gasteiger partial charge in [-0.1, -0.05) is 209 Å². The zero-order chi connectivity index (χ0) is 41.5. The molecule has 0 heterocycles. The number of rotatable bonds is 41. The largest absolute Gasteiger partial charge is 0.462 e. The molecule has 0 amide bonds. The molecule has 0 radical (unpaired) electrons. The van der Waals surface area contributed by atoms with Crippen LogP contribution in [0.1, 0.15) is 213 Å². The molecule has 0 aromatic rings. The smallest absolute Gasteiger partial charge is 0.306 e. The number of ether oxygens (including phenoxy) is 3. The molecule has 0 aromatic heterocycles. The zero-order valence-electron chi connectivity index (χ0n) is 37.1. The summed E-state index contributed by atoms with van der Waals surface area (Å²) < 4.78 is 16.7. The van der Waals surface area contributed by atoms with Crippen molar-refractivity contribution >= 4 is 17.9 Å². The lowest BCUT2D eigenvalue weighted by Gasteiger charge is -2.18. The van der Waals surface area contributed by atoms with E-state index in [0.717, 1.165) is 77.0 Å². The molecule has 0 fully saturated rings. The highest BCUT2D eigenvalue weighted by molar-refractivity contribution is 5.71. The average Bonchev–Trinajstić information content (AvgIpc) is 3.21. The van der Waals surface area contributed by atoms with Gasteiger partial charge in [-0.3, -0.25) is 14.4 Å². The second kappa shape index (κ2) is 45.6. The van der Waals surface area contributed by atoms with Crippen LogP contribution < -0.4 is 0 Å². The van der Waals surface area contributed by atoms with Crippen molar-refractivity contribution in [2.45, 2.75) is 219 Å². The quantitative estimate of drug-likeness (QED) is 0.0265. The van der Waals surface area contributed by atoms with Crippen molar-refractivity contribution < 1.29 is 28.6 Å². The van der Waals surface area contributed by atoms with Crippen LogP contribution in [0.2, 0.25) is 0 Å². The van der Waals surface area contributed by atoms with Gasteiger partial charge >= 0.3 is 17.9 Å². The van der Waals surface area contributed by atoms with E-state index in [1.165, 1.54) is 89.9 Å². The van der Waals surface area contributed by atoms with Gasteiger partial charge in [0.25, 0.3) is 0 Å². The van der Waals surface area contributed by atoms with E-state index in [4.69, 9.17) is 14.2 Å². The van der Waals surface area contributed by atoms with Gasteiger partial charge in [-0.25, -0.2) is 0 Å². The third kappa shape index (κ3) is 43.8. The molecule has 326 valence electrons. The Balaban J connectivity index is 4.45. The predicted octanol–water partition coefficient (Wildman–Crippen LogP) is 15.1. The minimum absolute atomic E-state index is 0.0990. The molecule has 0 aliphatic rings. The molecule has 0 N–H and O–H groups in total. The minimum Gasteiger partial charge on any atom is -0.462 e. The Kier molecular flexibility index (Phi) is 43.0. The first-order valence-electron chi connectivity index (χ1n) is 23.5. The molecule has 0 saturated heterocycles. The Bertz CT molecular complexity index is 1100. The maximum absolute atomic E-state index is 12.7. The molecule has 1 atom stereocenters. The third-order valence-electron chi connectivity index (χ3n) is 9.82. The molecule has 0 saturated carbocycles. The number of esters is 3. The molecule has 6 nitrogen and oxygen atoms in total. The summed E-state index contributed by atoms with van der Waals surface area (Å²) in [5.74, 6) is -0.971. The molecular formula is C51H86O6. The lowest BCUT2D eigenvalue weighted by Crippen LogP contribution is -2.30. The first-order valence-corrected chi connectivity index (χ1v) is 23.5. The first-order chi connectivity index (χ1) is 28.0. The molecule has 0 rings (SSSR count). The fourth-order valence-corrected chi connectivity index (χ4v) is 6.25. The lowest BCUT2D eigenvalue weighted by atomic mass is 10.0. The molecule has 0 spiro atoms. The number of allylic oxidation sites excluding steroid dienone is 12. The van der Waals surface area contributed by atoms with E-state index in [0.29, 0.717) is 19.3 Å². The molecule has 57 heavy (non-hydrogen) atoms. The van der Waals surface area contributed by atoms with Crippen LogP contribution in [0.15, 0.2) is 72.9 Å². The van der Waals surface area contributed by atoms with E-state index < -0.39 is 6.10 Å². The maximum atomic E-state index is 12.7. The topological polar surface area (TPSA) is 78.9 Å². The van der Waals surface area contributed by atoms with Gasteiger partial charge in [0.15, 0.2) is 6.10 Å². The van der Waals surface area contributed by atoms with Crippen molar-refractivity contribution in [1.29, 1.82) is 0 Å². The van der Waals surface area contributed by atoms with Crippen molar-refractivity contribution in [1.82, 2.24) is 0 Å². The number of unbranched alkanes of at least 4 members (excludes halogenated alkanes) is 22. The van der Waals surface area contributed by atoms with Gasteiger partial charge < -0.3 is 14.2 Å². The second-order valence-electron chi connectivity index (χ2n) is 15.4. The van der Waals surface area contributed by atoms with Gasteiger partial charge in [-0.05, 0) is 57.8 Å². The van der Waals surface area contributed by atoms with Crippen molar-refractivity contribution in [3.05, 3.63) is 72.9 Å². The normalized spacial score (nSPS) is 12.7. The summed E-state index contributed by atoms with van der Waals surface area (Å²) in [4.78, 5) is 37.8. The fraction of sp³-hybridized carbons (Fsp3) is 0.706. The standard InChI is InChI=1S/C51H86O6/c1-4-7-10-13-16-19-22-24-25-27-29-32-35-38-41-44-50(53)56-47-48(46-55-49(52)43-40-37-34-31-28-21-18-15-12-9-6-3)57-51(54)45-42-39-36-33-30-26-23-20-17-14-11-8-5-2/h8,11,14-15,17-18,20-21,23,26,28,30,48H,4-7,9-10,12-13,16,19,22,24-25,27,29,31-47H2,1-3H3/b11-8-,17-14-,18-15-,23-20-,28-21-,30-26-. The Morgan fingerprint density at radius 1 is 0.368 bits per heavy atom. The van der Waals surface area contributed by atoms with Crippen molar-refractivity contribution in [3.63, 3.8) is 0 Å². The van der Waals surface area contributed by atoms with Gasteiger partial charge in [0.05, 0.1) is 0 Å². The number of hydrogen-bond donors (Lipinski definition) is 0. The van der Waals surface area contributed by atoms with E-state index in [1.807, 2.05) is 36.5 Å². The van der Waals surface area contributed by atoms with Gasteiger partial charge in [0.1, 0.15) is 13.2 Å². The lowest BCUT2D eigenvalue weighted by molar-refractivity contribution is -0.167. The van der Waals surface area contributed by atoms with E-state index in [1.54, 1.807) is 0 Å². The maximum Gasteiger partial charge on any atom is 0.306 e. The Labute approximate surface area is 351 Å². The van der Waals surface area contributed by atoms with E-state index in [9.17, 15) is 14.4 Å². The first kappa shape index (κ1) is 53.9. The summed E-state index contributed by atoms with van der Waals surface area (Å²) in [6, 6.07) is 0. The highest BCUT2D eigenvalue weighted by Crippen LogP contribution is 2.15. The Morgan fingerprint density at radius 3 is 1.14 bits per heavy atom. The van der Waals surface area contributed by atoms with E-state index >= 15 is 0 Å². The minimum atomic E-state index is -0.803. The SMILES string of the molecule is CC\C=C/C=C\C=C/C=C\CCCCCC(=O)OC(COC(=O)CCCCC/C=C\C=C/CCCC)COC(=O)CCCCCCCCCCCCCCCCC. The summed E-state index contributed by atoms with van der Waals surface area (Å²) in [5, 5.41) is 0. The zero-order valence-corrected chi connectivity index (χ0v) is 37.1. The van der Waals surface area contributed by atoms with Crippen LogP contribution in [-0.2, 0) is 28.6 Å². The molecule has 0 aliphatic carbocycles. The molecule has 0 aromatic carbocycles. The van der Waals surface area contributed by atoms with Crippen LogP contribution in [0, 0.1) is 0 Å². The van der Waals surface area contributed by atoms with Gasteiger partial charge in [-0.2, -0.15) is 0 Å². The van der Waals surface area contributed by atoms with Crippen LogP contribution in [0.4, 0.5) is 0 Å². The molecule has 6 heteroatoms. The fourth-order valence-electron chi connectivity index (χ4n) is 6.25. The molecule has 0 bridgehead atoms. The predicted molar refractivity (Wildman–Crippen MR) is 242 cm³/mol. The summed E-state index contributed by atoms with van der Waals surface area (Å²) in [5.41, 5.74) is 0. The molecule has 1 unspecified atom stereocenters. The highest BCUT2D eigenvalue weighted by atomic mass is 16.6. The van der Waals surface area contributed by atoms with E-state index in [-0.39, 0.29) is 37.5 Å². The van der Waals surface area contributed by atoms with E-state index in [2.05, 4.69) is 57.2 Å². The molecular weight excluding hydrogens is 709 g/mol. The third-order valence-corrected chi connectivity index (χ3v) is 9.82. The van der Waals surface area contributed by atoms with Crippen LogP contribution in [0.25, 0.3) is 0 Å². The number of carbonyl (C=O) groups excluding carboxylic acids is 3. The van der Waals surface area contributed by atoms with Crippen LogP contribution >= 0.6 is 0 Å². The summed E-state index contributed by atoms with van der Waals surface area (Å²) in [7, 11) is 0. The number of carbonyl (C=O) groups is 3. The molecule has 0 aliphatic heterocycles. The van der Waals surface area contributed by atoms with Crippen LogP contribution in [-0.4, -0.2) is 37.2 Å². The Morgan fingerprint density at radius 2 is 0.702 bits per heavy atom. The van der Waals surface area contributed by atoms with Gasteiger partial charge in [0.2, 0.25) is 0 Å². The monoisotopic (exact) mass is 795 g/mol. The average molecular weight is 795 g/mol. The highest BCUT2D eigenvalue weighted by Gasteiger charge is 2.19. The summed E-state index contributed by atoms with van der Waals surface area (Å²) in [6.07, 6.45) is 56.0. The van der Waals surface area contributed by atoms with Gasteiger partial charge in [0, 0.05) is 19.3 Å². The van der Waals surface area contributed by atoms with Crippen molar-refractivity contribution in [2.75, 3.05) is 13.2 Å².